The first kappa shape index (κ1) is 12.2. The van der Waals surface area contributed by atoms with E-state index in [1.165, 1.54) is 0 Å². The SMILES string of the molecule is OCc1ccc(-c2ccc3cc(Cl)ccc3n2)cc1. The van der Waals surface area contributed by atoms with Crippen molar-refractivity contribution in [2.45, 2.75) is 6.61 Å². The number of pyridine rings is 1. The molecule has 1 aromatic heterocycles. The van der Waals surface area contributed by atoms with Crippen LogP contribution in [-0.2, 0) is 6.61 Å². The van der Waals surface area contributed by atoms with Crippen molar-refractivity contribution in [1.29, 1.82) is 0 Å². The number of rotatable bonds is 2. The van der Waals surface area contributed by atoms with Crippen LogP contribution in [0.2, 0.25) is 5.02 Å². The van der Waals surface area contributed by atoms with Crippen LogP contribution >= 0.6 is 11.6 Å². The highest BCUT2D eigenvalue weighted by Crippen LogP contribution is 2.23. The van der Waals surface area contributed by atoms with Gasteiger partial charge in [0.25, 0.3) is 0 Å². The van der Waals surface area contributed by atoms with Gasteiger partial charge in [0.1, 0.15) is 0 Å². The number of fused-ring (bicyclic) bond motifs is 1. The third-order valence-electron chi connectivity index (χ3n) is 3.08. The highest BCUT2D eigenvalue weighted by molar-refractivity contribution is 6.31. The molecule has 0 fully saturated rings. The van der Waals surface area contributed by atoms with Gasteiger partial charge in [-0.3, -0.25) is 0 Å². The zero-order chi connectivity index (χ0) is 13.2. The Balaban J connectivity index is 2.06. The molecule has 2 aromatic carbocycles. The zero-order valence-corrected chi connectivity index (χ0v) is 10.9. The van der Waals surface area contributed by atoms with Crippen LogP contribution in [0.25, 0.3) is 22.2 Å². The molecule has 94 valence electrons. The molecule has 3 aromatic rings. The molecule has 0 amide bonds. The summed E-state index contributed by atoms with van der Waals surface area (Å²) < 4.78 is 0. The number of aromatic nitrogens is 1. The Morgan fingerprint density at radius 1 is 0.947 bits per heavy atom. The summed E-state index contributed by atoms with van der Waals surface area (Å²) in [6.45, 7) is 0.0595. The van der Waals surface area contributed by atoms with Crippen LogP contribution in [-0.4, -0.2) is 10.1 Å². The fourth-order valence-electron chi connectivity index (χ4n) is 2.04. The normalized spacial score (nSPS) is 10.8. The molecule has 0 unspecified atom stereocenters. The first-order valence-electron chi connectivity index (χ1n) is 6.03. The van der Waals surface area contributed by atoms with Gasteiger partial charge in [0.2, 0.25) is 0 Å². The predicted molar refractivity (Wildman–Crippen MR) is 78.1 cm³/mol. The number of benzene rings is 2. The van der Waals surface area contributed by atoms with Gasteiger partial charge in [0, 0.05) is 16.0 Å². The van der Waals surface area contributed by atoms with Gasteiger partial charge in [-0.25, -0.2) is 4.98 Å². The second kappa shape index (κ2) is 5.00. The van der Waals surface area contributed by atoms with Gasteiger partial charge in [-0.05, 0) is 29.8 Å². The molecule has 0 aliphatic carbocycles. The lowest BCUT2D eigenvalue weighted by atomic mass is 10.1. The smallest absolute Gasteiger partial charge is 0.0710 e. The van der Waals surface area contributed by atoms with Crippen molar-refractivity contribution in [2.24, 2.45) is 0 Å². The summed E-state index contributed by atoms with van der Waals surface area (Å²) in [7, 11) is 0. The van der Waals surface area contributed by atoms with Crippen molar-refractivity contribution in [3.63, 3.8) is 0 Å². The molecular formula is C16H12ClNO. The minimum Gasteiger partial charge on any atom is -0.392 e. The van der Waals surface area contributed by atoms with Gasteiger partial charge in [-0.15, -0.1) is 0 Å². The lowest BCUT2D eigenvalue weighted by molar-refractivity contribution is 0.282. The number of hydrogen-bond donors (Lipinski definition) is 1. The van der Waals surface area contributed by atoms with Crippen LogP contribution in [0, 0.1) is 0 Å². The van der Waals surface area contributed by atoms with E-state index in [9.17, 15) is 0 Å². The molecule has 0 saturated carbocycles. The molecule has 0 bridgehead atoms. The zero-order valence-electron chi connectivity index (χ0n) is 10.2. The summed E-state index contributed by atoms with van der Waals surface area (Å²) in [6, 6.07) is 17.4. The van der Waals surface area contributed by atoms with Gasteiger partial charge < -0.3 is 5.11 Å². The van der Waals surface area contributed by atoms with Crippen LogP contribution in [0.5, 0.6) is 0 Å². The molecule has 0 saturated heterocycles. The van der Waals surface area contributed by atoms with Crippen molar-refractivity contribution in [2.75, 3.05) is 0 Å². The second-order valence-electron chi connectivity index (χ2n) is 4.39. The largest absolute Gasteiger partial charge is 0.392 e. The minimum atomic E-state index is 0.0595. The van der Waals surface area contributed by atoms with E-state index in [0.29, 0.717) is 5.02 Å². The molecule has 0 aliphatic heterocycles. The Morgan fingerprint density at radius 3 is 2.47 bits per heavy atom. The highest BCUT2D eigenvalue weighted by Gasteiger charge is 2.02. The van der Waals surface area contributed by atoms with E-state index in [1.807, 2.05) is 54.6 Å². The summed E-state index contributed by atoms with van der Waals surface area (Å²) in [6.07, 6.45) is 0. The third kappa shape index (κ3) is 2.46. The van der Waals surface area contributed by atoms with Crippen molar-refractivity contribution in [3.8, 4) is 11.3 Å². The number of aliphatic hydroxyl groups is 1. The van der Waals surface area contributed by atoms with Crippen LogP contribution in [0.15, 0.2) is 54.6 Å². The maximum atomic E-state index is 9.04. The van der Waals surface area contributed by atoms with Gasteiger partial charge in [-0.1, -0.05) is 41.9 Å². The quantitative estimate of drug-likeness (QED) is 0.761. The molecular weight excluding hydrogens is 258 g/mol. The molecule has 3 rings (SSSR count). The summed E-state index contributed by atoms with van der Waals surface area (Å²) in [5.41, 5.74) is 3.78. The van der Waals surface area contributed by atoms with E-state index in [1.54, 1.807) is 0 Å². The Kier molecular flexibility index (Phi) is 3.20. The Bertz CT molecular complexity index is 722. The first-order valence-corrected chi connectivity index (χ1v) is 6.40. The molecule has 0 spiro atoms. The maximum Gasteiger partial charge on any atom is 0.0710 e. The Labute approximate surface area is 116 Å². The molecule has 1 heterocycles. The van der Waals surface area contributed by atoms with E-state index in [4.69, 9.17) is 16.7 Å². The summed E-state index contributed by atoms with van der Waals surface area (Å²) in [5.74, 6) is 0. The first-order chi connectivity index (χ1) is 9.26. The minimum absolute atomic E-state index is 0.0595. The van der Waals surface area contributed by atoms with Gasteiger partial charge in [-0.2, -0.15) is 0 Å². The van der Waals surface area contributed by atoms with Crippen molar-refractivity contribution >= 4 is 22.5 Å². The van der Waals surface area contributed by atoms with Gasteiger partial charge in [0.15, 0.2) is 0 Å². The van der Waals surface area contributed by atoms with E-state index in [0.717, 1.165) is 27.7 Å². The lowest BCUT2D eigenvalue weighted by Crippen LogP contribution is -1.87. The fraction of sp³-hybridized carbons (Fsp3) is 0.0625. The third-order valence-corrected chi connectivity index (χ3v) is 3.32. The summed E-state index contributed by atoms with van der Waals surface area (Å²) in [4.78, 5) is 4.62. The molecule has 0 aliphatic rings. The lowest BCUT2D eigenvalue weighted by Gasteiger charge is -2.04. The van der Waals surface area contributed by atoms with Crippen LogP contribution in [0.3, 0.4) is 0 Å². The monoisotopic (exact) mass is 269 g/mol. The summed E-state index contributed by atoms with van der Waals surface area (Å²) >= 11 is 5.96. The number of halogens is 1. The van der Waals surface area contributed by atoms with Crippen LogP contribution < -0.4 is 0 Å². The number of aliphatic hydroxyl groups excluding tert-OH is 1. The summed E-state index contributed by atoms with van der Waals surface area (Å²) in [5, 5.41) is 10.8. The van der Waals surface area contributed by atoms with Gasteiger partial charge in [0.05, 0.1) is 17.8 Å². The second-order valence-corrected chi connectivity index (χ2v) is 4.82. The number of hydrogen-bond acceptors (Lipinski definition) is 2. The molecule has 1 N–H and O–H groups in total. The predicted octanol–water partition coefficient (Wildman–Crippen LogP) is 4.05. The average Bonchev–Trinajstić information content (AvgIpc) is 2.47. The van der Waals surface area contributed by atoms with Crippen LogP contribution in [0.4, 0.5) is 0 Å². The maximum absolute atomic E-state index is 9.04. The average molecular weight is 270 g/mol. The van der Waals surface area contributed by atoms with Crippen molar-refractivity contribution < 1.29 is 5.11 Å². The molecule has 0 atom stereocenters. The van der Waals surface area contributed by atoms with Crippen LogP contribution in [0.1, 0.15) is 5.56 Å². The van der Waals surface area contributed by atoms with E-state index in [2.05, 4.69) is 4.98 Å². The van der Waals surface area contributed by atoms with E-state index >= 15 is 0 Å². The standard InChI is InChI=1S/C16H12ClNO/c17-14-6-8-16-13(9-14)5-7-15(18-16)12-3-1-11(10-19)2-4-12/h1-9,19H,10H2. The van der Waals surface area contributed by atoms with E-state index < -0.39 is 0 Å². The fourth-order valence-corrected chi connectivity index (χ4v) is 2.22. The topological polar surface area (TPSA) is 33.1 Å². The number of nitrogens with zero attached hydrogens (tertiary/aromatic N) is 1. The molecule has 2 nitrogen and oxygen atoms in total. The van der Waals surface area contributed by atoms with Crippen molar-refractivity contribution in [1.82, 2.24) is 4.98 Å². The van der Waals surface area contributed by atoms with Gasteiger partial charge >= 0.3 is 0 Å². The van der Waals surface area contributed by atoms with Crippen molar-refractivity contribution in [3.05, 3.63) is 65.2 Å². The molecule has 3 heteroatoms. The highest BCUT2D eigenvalue weighted by atomic mass is 35.5. The Morgan fingerprint density at radius 2 is 1.74 bits per heavy atom. The molecule has 0 radical (unpaired) electrons. The molecule has 19 heavy (non-hydrogen) atoms. The van der Waals surface area contributed by atoms with E-state index in [-0.39, 0.29) is 6.61 Å². The Hall–Kier alpha value is -1.90.